The van der Waals surface area contributed by atoms with E-state index in [4.69, 9.17) is 15.3 Å². The van der Waals surface area contributed by atoms with Crippen molar-refractivity contribution in [2.75, 3.05) is 18.4 Å². The molecule has 1 saturated heterocycles. The molecule has 160 valence electrons. The number of piperidine rings is 1. The average Bonchev–Trinajstić information content (AvgIpc) is 2.75. The lowest BCUT2D eigenvalue weighted by Gasteiger charge is -2.36. The number of rotatable bonds is 6. The summed E-state index contributed by atoms with van der Waals surface area (Å²) >= 11 is 0. The highest BCUT2D eigenvalue weighted by molar-refractivity contribution is 5.98. The van der Waals surface area contributed by atoms with Crippen molar-refractivity contribution in [2.45, 2.75) is 44.8 Å². The van der Waals surface area contributed by atoms with Crippen molar-refractivity contribution in [3.05, 3.63) is 65.7 Å². The molecule has 1 aliphatic heterocycles. The lowest BCUT2D eigenvalue weighted by atomic mass is 9.88. The summed E-state index contributed by atoms with van der Waals surface area (Å²) in [7, 11) is 0. The van der Waals surface area contributed by atoms with Crippen LogP contribution in [0.3, 0.4) is 0 Å². The predicted molar refractivity (Wildman–Crippen MR) is 115 cm³/mol. The second kappa shape index (κ2) is 9.73. The van der Waals surface area contributed by atoms with Crippen LogP contribution in [0, 0.1) is 0 Å². The van der Waals surface area contributed by atoms with Gasteiger partial charge in [-0.3, -0.25) is 4.79 Å². The number of benzene rings is 2. The quantitative estimate of drug-likeness (QED) is 0.702. The minimum Gasteiger partial charge on any atom is -0.428 e. The Morgan fingerprint density at radius 3 is 2.30 bits per heavy atom. The van der Waals surface area contributed by atoms with E-state index in [0.717, 1.165) is 11.3 Å². The van der Waals surface area contributed by atoms with E-state index in [-0.39, 0.29) is 12.5 Å². The van der Waals surface area contributed by atoms with Crippen LogP contribution in [0.25, 0.3) is 0 Å². The third-order valence-electron chi connectivity index (χ3n) is 5.31. The number of carbonyl (C=O) groups is 2. The smallest absolute Gasteiger partial charge is 0.428 e. The lowest BCUT2D eigenvalue weighted by Crippen LogP contribution is -2.57. The van der Waals surface area contributed by atoms with E-state index in [2.05, 4.69) is 19.2 Å². The van der Waals surface area contributed by atoms with E-state index in [1.165, 1.54) is 10.6 Å². The number of hydrogen-bond donors (Lipinski definition) is 2. The van der Waals surface area contributed by atoms with Crippen LogP contribution in [0.4, 0.5) is 10.5 Å². The highest BCUT2D eigenvalue weighted by Gasteiger charge is 2.39. The van der Waals surface area contributed by atoms with Crippen molar-refractivity contribution in [1.29, 1.82) is 0 Å². The zero-order valence-electron chi connectivity index (χ0n) is 17.5. The van der Waals surface area contributed by atoms with Crippen molar-refractivity contribution in [3.63, 3.8) is 0 Å². The van der Waals surface area contributed by atoms with Gasteiger partial charge in [-0.25, -0.2) is 4.79 Å². The second-order valence-electron chi connectivity index (χ2n) is 7.93. The Kier molecular flexibility index (Phi) is 7.07. The first-order valence-corrected chi connectivity index (χ1v) is 10.2. The van der Waals surface area contributed by atoms with Gasteiger partial charge in [-0.2, -0.15) is 0 Å². The third-order valence-corrected chi connectivity index (χ3v) is 5.31. The summed E-state index contributed by atoms with van der Waals surface area (Å²) < 4.78 is 5.12. The van der Waals surface area contributed by atoms with Gasteiger partial charge in [-0.1, -0.05) is 56.3 Å². The molecule has 3 N–H and O–H groups in total. The first-order valence-electron chi connectivity index (χ1n) is 10.2. The Morgan fingerprint density at radius 2 is 1.70 bits per heavy atom. The Morgan fingerprint density at radius 1 is 1.07 bits per heavy atom. The monoisotopic (exact) mass is 411 g/mol. The molecule has 0 aliphatic carbocycles. The highest BCUT2D eigenvalue weighted by atomic mass is 16.8. The maximum Gasteiger partial charge on any atom is 0.528 e. The first kappa shape index (κ1) is 21.8. The fourth-order valence-electron chi connectivity index (χ4n) is 3.26. The van der Waals surface area contributed by atoms with Crippen molar-refractivity contribution in [2.24, 2.45) is 5.73 Å². The maximum atomic E-state index is 12.7. The Labute approximate surface area is 177 Å². The molecule has 0 radical (unpaired) electrons. The summed E-state index contributed by atoms with van der Waals surface area (Å²) in [6, 6.07) is 17.2. The van der Waals surface area contributed by atoms with Crippen LogP contribution in [-0.4, -0.2) is 35.8 Å². The van der Waals surface area contributed by atoms with E-state index in [1.807, 2.05) is 54.6 Å². The molecule has 30 heavy (non-hydrogen) atoms. The molecule has 2 aromatic rings. The molecule has 0 saturated carbocycles. The van der Waals surface area contributed by atoms with Gasteiger partial charge in [-0.05, 0) is 42.0 Å². The van der Waals surface area contributed by atoms with Crippen LogP contribution in [0.5, 0.6) is 0 Å². The van der Waals surface area contributed by atoms with Gasteiger partial charge in [0.2, 0.25) is 5.91 Å². The molecular formula is C23H29N3O4. The molecular weight excluding hydrogens is 382 g/mol. The largest absolute Gasteiger partial charge is 0.528 e. The number of hydroxylamine groups is 2. The molecule has 1 heterocycles. The Bertz CT molecular complexity index is 845. The topological polar surface area (TPSA) is 93.9 Å². The normalized spacial score (nSPS) is 16.1. The zero-order valence-corrected chi connectivity index (χ0v) is 17.5. The summed E-state index contributed by atoms with van der Waals surface area (Å²) in [5.41, 5.74) is 8.15. The van der Waals surface area contributed by atoms with E-state index >= 15 is 0 Å². The molecule has 7 heteroatoms. The van der Waals surface area contributed by atoms with E-state index < -0.39 is 11.7 Å². The first-order chi connectivity index (χ1) is 14.4. The SMILES string of the molecule is CC(C)c1ccc(NC(=O)C2(N)CCN(OC(=O)OCc3ccccc3)CC2)cc1. The van der Waals surface area contributed by atoms with Crippen LogP contribution in [0.1, 0.15) is 43.7 Å². The third kappa shape index (κ3) is 5.81. The minimum atomic E-state index is -1.01. The zero-order chi connectivity index (χ0) is 21.6. The number of anilines is 1. The molecule has 1 fully saturated rings. The van der Waals surface area contributed by atoms with Gasteiger partial charge in [0.15, 0.2) is 0 Å². The average molecular weight is 412 g/mol. The number of nitrogens with two attached hydrogens (primary N) is 1. The molecule has 0 spiro atoms. The molecule has 0 unspecified atom stereocenters. The van der Waals surface area contributed by atoms with Gasteiger partial charge in [0, 0.05) is 18.8 Å². The fourth-order valence-corrected chi connectivity index (χ4v) is 3.26. The van der Waals surface area contributed by atoms with E-state index in [0.29, 0.717) is 31.8 Å². The summed E-state index contributed by atoms with van der Waals surface area (Å²) in [5.74, 6) is 0.199. The van der Waals surface area contributed by atoms with Gasteiger partial charge >= 0.3 is 6.16 Å². The number of carbonyl (C=O) groups excluding carboxylic acids is 2. The number of nitrogens with one attached hydrogen (secondary N) is 1. The number of hydrogen-bond acceptors (Lipinski definition) is 6. The van der Waals surface area contributed by atoms with Crippen LogP contribution >= 0.6 is 0 Å². The number of ether oxygens (including phenoxy) is 1. The molecule has 0 aromatic heterocycles. The van der Waals surface area contributed by atoms with Gasteiger partial charge < -0.3 is 20.6 Å². The predicted octanol–water partition coefficient (Wildman–Crippen LogP) is 3.81. The van der Waals surface area contributed by atoms with Gasteiger partial charge in [0.1, 0.15) is 6.61 Å². The van der Waals surface area contributed by atoms with Crippen molar-refractivity contribution >= 4 is 17.7 Å². The Hall–Kier alpha value is -2.90. The standard InChI is InChI=1S/C23H29N3O4/c1-17(2)19-8-10-20(11-9-19)25-21(27)23(24)12-14-26(15-13-23)30-22(28)29-16-18-6-4-3-5-7-18/h3-11,17H,12-16,24H2,1-2H3,(H,25,27). The van der Waals surface area contributed by atoms with Crippen molar-refractivity contribution in [1.82, 2.24) is 5.06 Å². The van der Waals surface area contributed by atoms with E-state index in [9.17, 15) is 9.59 Å². The number of nitrogens with zero attached hydrogens (tertiary/aromatic N) is 1. The summed E-state index contributed by atoms with van der Waals surface area (Å²) in [6.45, 7) is 5.10. The van der Waals surface area contributed by atoms with Gasteiger partial charge in [-0.15, -0.1) is 5.06 Å². The molecule has 3 rings (SSSR count). The second-order valence-corrected chi connectivity index (χ2v) is 7.93. The molecule has 1 aliphatic rings. The molecule has 7 nitrogen and oxygen atoms in total. The molecule has 2 aromatic carbocycles. The lowest BCUT2D eigenvalue weighted by molar-refractivity contribution is -0.151. The molecule has 0 bridgehead atoms. The summed E-state index contributed by atoms with van der Waals surface area (Å²) in [6.07, 6.45) is -0.0258. The molecule has 0 atom stereocenters. The van der Waals surface area contributed by atoms with Crippen LogP contribution in [-0.2, 0) is 21.0 Å². The summed E-state index contributed by atoms with van der Waals surface area (Å²) in [4.78, 5) is 29.8. The Balaban J connectivity index is 1.44. The number of amides is 1. The van der Waals surface area contributed by atoms with E-state index in [1.54, 1.807) is 0 Å². The van der Waals surface area contributed by atoms with Crippen molar-refractivity contribution in [3.8, 4) is 0 Å². The van der Waals surface area contributed by atoms with Gasteiger partial charge in [0.25, 0.3) is 0 Å². The summed E-state index contributed by atoms with van der Waals surface area (Å²) in [5, 5.41) is 4.39. The fraction of sp³-hybridized carbons (Fsp3) is 0.391. The van der Waals surface area contributed by atoms with Gasteiger partial charge in [0.05, 0.1) is 5.54 Å². The van der Waals surface area contributed by atoms with Crippen molar-refractivity contribution < 1.29 is 19.2 Å². The van der Waals surface area contributed by atoms with Crippen LogP contribution in [0.15, 0.2) is 54.6 Å². The van der Waals surface area contributed by atoms with Crippen LogP contribution < -0.4 is 11.1 Å². The van der Waals surface area contributed by atoms with Crippen LogP contribution in [0.2, 0.25) is 0 Å². The molecule has 1 amide bonds. The maximum absolute atomic E-state index is 12.7. The highest BCUT2D eigenvalue weighted by Crippen LogP contribution is 2.23. The minimum absolute atomic E-state index is 0.145.